The van der Waals surface area contributed by atoms with Crippen molar-refractivity contribution in [3.63, 3.8) is 0 Å². The van der Waals surface area contributed by atoms with Gasteiger partial charge in [-0.1, -0.05) is 51.8 Å². The van der Waals surface area contributed by atoms with Crippen LogP contribution in [0.3, 0.4) is 0 Å². The van der Waals surface area contributed by atoms with Crippen LogP contribution < -0.4 is 5.32 Å². The van der Waals surface area contributed by atoms with Crippen LogP contribution >= 0.6 is 15.9 Å². The van der Waals surface area contributed by atoms with Gasteiger partial charge in [0, 0.05) is 10.5 Å². The highest BCUT2D eigenvalue weighted by molar-refractivity contribution is 9.10. The Morgan fingerprint density at radius 3 is 2.55 bits per heavy atom. The van der Waals surface area contributed by atoms with Gasteiger partial charge in [0.15, 0.2) is 0 Å². The standard InChI is InChI=1S/C18H22BrN/c1-13-7-8-14(2)16(9-13)12-18(20-3)11-15-5-4-6-17(19)10-15/h4-10,18,20H,11-12H2,1-3H3. The molecule has 20 heavy (non-hydrogen) atoms. The van der Waals surface area contributed by atoms with E-state index in [-0.39, 0.29) is 0 Å². The zero-order valence-corrected chi connectivity index (χ0v) is 14.0. The smallest absolute Gasteiger partial charge is 0.0178 e. The van der Waals surface area contributed by atoms with Gasteiger partial charge >= 0.3 is 0 Å². The molecule has 1 N–H and O–H groups in total. The quantitative estimate of drug-likeness (QED) is 0.854. The maximum atomic E-state index is 3.54. The predicted molar refractivity (Wildman–Crippen MR) is 90.3 cm³/mol. The van der Waals surface area contributed by atoms with E-state index in [1.807, 2.05) is 7.05 Å². The molecule has 0 spiro atoms. The first-order chi connectivity index (χ1) is 9.58. The summed E-state index contributed by atoms with van der Waals surface area (Å²) < 4.78 is 1.15. The Kier molecular flexibility index (Phi) is 5.38. The average molecular weight is 332 g/mol. The molecule has 1 nitrogen and oxygen atoms in total. The molecule has 0 saturated heterocycles. The number of hydrogen-bond acceptors (Lipinski definition) is 1. The summed E-state index contributed by atoms with van der Waals surface area (Å²) in [5, 5.41) is 3.45. The molecule has 0 aliphatic carbocycles. The highest BCUT2D eigenvalue weighted by atomic mass is 79.9. The van der Waals surface area contributed by atoms with Gasteiger partial charge < -0.3 is 5.32 Å². The summed E-state index contributed by atoms with van der Waals surface area (Å²) in [6.45, 7) is 4.35. The molecule has 2 aromatic rings. The zero-order chi connectivity index (χ0) is 14.5. The maximum absolute atomic E-state index is 3.54. The molecule has 0 bridgehead atoms. The second-order valence-corrected chi connectivity index (χ2v) is 6.37. The van der Waals surface area contributed by atoms with E-state index in [9.17, 15) is 0 Å². The molecule has 2 rings (SSSR count). The van der Waals surface area contributed by atoms with Gasteiger partial charge in [-0.05, 0) is 62.6 Å². The Morgan fingerprint density at radius 1 is 1.05 bits per heavy atom. The highest BCUT2D eigenvalue weighted by Gasteiger charge is 2.10. The molecule has 0 aliphatic rings. The van der Waals surface area contributed by atoms with Gasteiger partial charge in [0.25, 0.3) is 0 Å². The van der Waals surface area contributed by atoms with Crippen molar-refractivity contribution in [2.45, 2.75) is 32.7 Å². The molecule has 0 amide bonds. The predicted octanol–water partition coefficient (Wildman–Crippen LogP) is 4.44. The van der Waals surface area contributed by atoms with Crippen molar-refractivity contribution in [2.75, 3.05) is 7.05 Å². The number of aryl methyl sites for hydroxylation is 2. The van der Waals surface area contributed by atoms with E-state index in [1.165, 1.54) is 22.3 Å². The molecule has 0 aromatic heterocycles. The Bertz CT molecular complexity index is 577. The van der Waals surface area contributed by atoms with Gasteiger partial charge in [0.2, 0.25) is 0 Å². The van der Waals surface area contributed by atoms with E-state index >= 15 is 0 Å². The summed E-state index contributed by atoms with van der Waals surface area (Å²) in [4.78, 5) is 0. The molecule has 0 aliphatic heterocycles. The summed E-state index contributed by atoms with van der Waals surface area (Å²) in [6.07, 6.45) is 2.11. The molecule has 0 heterocycles. The molecule has 2 aromatic carbocycles. The molecule has 1 atom stereocenters. The lowest BCUT2D eigenvalue weighted by atomic mass is 9.95. The monoisotopic (exact) mass is 331 g/mol. The van der Waals surface area contributed by atoms with Crippen molar-refractivity contribution in [3.8, 4) is 0 Å². The molecular weight excluding hydrogens is 310 g/mol. The van der Waals surface area contributed by atoms with Gasteiger partial charge in [0.1, 0.15) is 0 Å². The number of nitrogens with one attached hydrogen (secondary N) is 1. The van der Waals surface area contributed by atoms with Gasteiger partial charge in [-0.2, -0.15) is 0 Å². The number of likely N-dealkylation sites (N-methyl/N-ethyl adjacent to an activating group) is 1. The number of rotatable bonds is 5. The third-order valence-corrected chi connectivity index (χ3v) is 4.24. The lowest BCUT2D eigenvalue weighted by Gasteiger charge is -2.18. The number of halogens is 1. The Labute approximate surface area is 130 Å². The molecular formula is C18H22BrN. The van der Waals surface area contributed by atoms with Gasteiger partial charge in [0.05, 0.1) is 0 Å². The minimum atomic E-state index is 0.463. The van der Waals surface area contributed by atoms with Crippen LogP contribution in [0.25, 0.3) is 0 Å². The van der Waals surface area contributed by atoms with Crippen molar-refractivity contribution in [1.29, 1.82) is 0 Å². The van der Waals surface area contributed by atoms with Crippen molar-refractivity contribution >= 4 is 15.9 Å². The first-order valence-corrected chi connectivity index (χ1v) is 7.85. The lowest BCUT2D eigenvalue weighted by molar-refractivity contribution is 0.555. The lowest BCUT2D eigenvalue weighted by Crippen LogP contribution is -2.30. The fourth-order valence-corrected chi connectivity index (χ4v) is 2.96. The molecule has 2 heteroatoms. The minimum Gasteiger partial charge on any atom is -0.316 e. The van der Waals surface area contributed by atoms with Gasteiger partial charge in [-0.3, -0.25) is 0 Å². The van der Waals surface area contributed by atoms with E-state index in [0.29, 0.717) is 6.04 Å². The molecule has 1 unspecified atom stereocenters. The van der Waals surface area contributed by atoms with Crippen LogP contribution in [0.1, 0.15) is 22.3 Å². The largest absolute Gasteiger partial charge is 0.316 e. The Balaban J connectivity index is 2.11. The Morgan fingerprint density at radius 2 is 1.85 bits per heavy atom. The van der Waals surface area contributed by atoms with Crippen molar-refractivity contribution in [3.05, 3.63) is 69.2 Å². The normalized spacial score (nSPS) is 12.4. The SMILES string of the molecule is CNC(Cc1cccc(Br)c1)Cc1cc(C)ccc1C. The molecule has 0 saturated carbocycles. The third-order valence-electron chi connectivity index (χ3n) is 3.75. The second-order valence-electron chi connectivity index (χ2n) is 5.45. The molecule has 0 fully saturated rings. The second kappa shape index (κ2) is 7.05. The fourth-order valence-electron chi connectivity index (χ4n) is 2.51. The third kappa shape index (κ3) is 4.19. The number of hydrogen-bond donors (Lipinski definition) is 1. The van der Waals surface area contributed by atoms with E-state index in [1.54, 1.807) is 0 Å². The molecule has 106 valence electrons. The highest BCUT2D eigenvalue weighted by Crippen LogP contribution is 2.17. The van der Waals surface area contributed by atoms with Crippen LogP contribution in [-0.2, 0) is 12.8 Å². The first kappa shape index (κ1) is 15.3. The van der Waals surface area contributed by atoms with Crippen molar-refractivity contribution < 1.29 is 0 Å². The van der Waals surface area contributed by atoms with E-state index < -0.39 is 0 Å². The topological polar surface area (TPSA) is 12.0 Å². The first-order valence-electron chi connectivity index (χ1n) is 7.06. The molecule has 0 radical (unpaired) electrons. The van der Waals surface area contributed by atoms with Crippen LogP contribution in [0, 0.1) is 13.8 Å². The van der Waals surface area contributed by atoms with Gasteiger partial charge in [-0.25, -0.2) is 0 Å². The summed E-state index contributed by atoms with van der Waals surface area (Å²) >= 11 is 3.54. The summed E-state index contributed by atoms with van der Waals surface area (Å²) in [5.41, 5.74) is 5.52. The van der Waals surface area contributed by atoms with E-state index in [0.717, 1.165) is 17.3 Å². The van der Waals surface area contributed by atoms with Crippen LogP contribution in [0.2, 0.25) is 0 Å². The summed E-state index contributed by atoms with van der Waals surface area (Å²) in [5.74, 6) is 0. The zero-order valence-electron chi connectivity index (χ0n) is 12.4. The van der Waals surface area contributed by atoms with E-state index in [2.05, 4.69) is 77.6 Å². The number of benzene rings is 2. The van der Waals surface area contributed by atoms with Crippen LogP contribution in [0.15, 0.2) is 46.9 Å². The minimum absolute atomic E-state index is 0.463. The maximum Gasteiger partial charge on any atom is 0.0178 e. The van der Waals surface area contributed by atoms with Crippen LogP contribution in [0.5, 0.6) is 0 Å². The van der Waals surface area contributed by atoms with Gasteiger partial charge in [-0.15, -0.1) is 0 Å². The summed E-state index contributed by atoms with van der Waals surface area (Å²) in [6, 6.07) is 15.7. The van der Waals surface area contributed by atoms with E-state index in [4.69, 9.17) is 0 Å². The summed E-state index contributed by atoms with van der Waals surface area (Å²) in [7, 11) is 2.05. The Hall–Kier alpha value is -1.12. The van der Waals surface area contributed by atoms with Crippen LogP contribution in [-0.4, -0.2) is 13.1 Å². The van der Waals surface area contributed by atoms with Crippen molar-refractivity contribution in [2.24, 2.45) is 0 Å². The van der Waals surface area contributed by atoms with Crippen LogP contribution in [0.4, 0.5) is 0 Å². The average Bonchev–Trinajstić information content (AvgIpc) is 2.42. The van der Waals surface area contributed by atoms with Crippen molar-refractivity contribution in [1.82, 2.24) is 5.32 Å². The fraction of sp³-hybridized carbons (Fsp3) is 0.333.